The van der Waals surface area contributed by atoms with Crippen molar-refractivity contribution in [3.8, 4) is 23.1 Å². The molecule has 164 valence electrons. The molecule has 0 amide bonds. The van der Waals surface area contributed by atoms with Crippen molar-refractivity contribution >= 4 is 29.5 Å². The number of rotatable bonds is 7. The van der Waals surface area contributed by atoms with E-state index < -0.39 is 23.3 Å². The second-order valence-electron chi connectivity index (χ2n) is 6.26. The summed E-state index contributed by atoms with van der Waals surface area (Å²) in [5.74, 6) is 0.385. The average Bonchev–Trinajstić information content (AvgIpc) is 3.05. The van der Waals surface area contributed by atoms with Crippen LogP contribution in [-0.2, 0) is 19.8 Å². The Labute approximate surface area is 185 Å². The second-order valence-corrected chi connectivity index (χ2v) is 7.07. The summed E-state index contributed by atoms with van der Waals surface area (Å²) in [6.45, 7) is 0.147. The topological polar surface area (TPSA) is 62.6 Å². The standard InChI is InChI=1S/C20H15Cl2F3N2O4/c1-27-19(13(9-28)18(26-27)20(23,24)25)31-17-8-16(14(21)7-15(17)22)30-10-11-3-5-12(29-2)6-4-11/h3-9H,10H2,1-2H3. The summed E-state index contributed by atoms with van der Waals surface area (Å²) in [4.78, 5) is 11.3. The minimum Gasteiger partial charge on any atom is -0.497 e. The van der Waals surface area contributed by atoms with Crippen LogP contribution >= 0.6 is 23.2 Å². The molecule has 0 unspecified atom stereocenters. The maximum atomic E-state index is 13.1. The van der Waals surface area contributed by atoms with Crippen molar-refractivity contribution in [2.45, 2.75) is 12.8 Å². The Balaban J connectivity index is 1.88. The lowest BCUT2D eigenvalue weighted by atomic mass is 10.2. The van der Waals surface area contributed by atoms with Crippen LogP contribution in [-0.4, -0.2) is 23.2 Å². The molecule has 6 nitrogen and oxygen atoms in total. The van der Waals surface area contributed by atoms with Crippen LogP contribution in [0.15, 0.2) is 36.4 Å². The van der Waals surface area contributed by atoms with Crippen molar-refractivity contribution in [3.05, 3.63) is 63.3 Å². The van der Waals surface area contributed by atoms with Crippen LogP contribution in [0, 0.1) is 0 Å². The largest absolute Gasteiger partial charge is 0.497 e. The lowest BCUT2D eigenvalue weighted by Gasteiger charge is -2.13. The predicted molar refractivity (Wildman–Crippen MR) is 107 cm³/mol. The van der Waals surface area contributed by atoms with Gasteiger partial charge in [-0.3, -0.25) is 4.79 Å². The molecule has 0 atom stereocenters. The number of aldehydes is 1. The lowest BCUT2D eigenvalue weighted by molar-refractivity contribution is -0.141. The highest BCUT2D eigenvalue weighted by molar-refractivity contribution is 6.36. The second kappa shape index (κ2) is 9.07. The van der Waals surface area contributed by atoms with Gasteiger partial charge in [0, 0.05) is 13.1 Å². The highest BCUT2D eigenvalue weighted by atomic mass is 35.5. The quantitative estimate of drug-likeness (QED) is 0.396. The molecule has 0 saturated carbocycles. The van der Waals surface area contributed by atoms with Crippen molar-refractivity contribution in [1.29, 1.82) is 0 Å². The Morgan fingerprint density at radius 3 is 2.32 bits per heavy atom. The van der Waals surface area contributed by atoms with Crippen LogP contribution < -0.4 is 14.2 Å². The number of nitrogens with zero attached hydrogens (tertiary/aromatic N) is 2. The van der Waals surface area contributed by atoms with Gasteiger partial charge in [-0.1, -0.05) is 35.3 Å². The van der Waals surface area contributed by atoms with Crippen LogP contribution in [0.2, 0.25) is 10.0 Å². The van der Waals surface area contributed by atoms with Crippen LogP contribution in [0.4, 0.5) is 13.2 Å². The van der Waals surface area contributed by atoms with E-state index in [4.69, 9.17) is 37.4 Å². The van der Waals surface area contributed by atoms with Crippen molar-refractivity contribution in [2.75, 3.05) is 7.11 Å². The molecule has 3 aromatic rings. The molecule has 0 aliphatic rings. The van der Waals surface area contributed by atoms with Gasteiger partial charge in [0.15, 0.2) is 17.7 Å². The summed E-state index contributed by atoms with van der Waals surface area (Å²) in [5.41, 5.74) is -1.29. The van der Waals surface area contributed by atoms with E-state index in [9.17, 15) is 18.0 Å². The third-order valence-corrected chi connectivity index (χ3v) is 4.75. The summed E-state index contributed by atoms with van der Waals surface area (Å²) in [6, 6.07) is 9.76. The highest BCUT2D eigenvalue weighted by Gasteiger charge is 2.39. The molecule has 0 spiro atoms. The van der Waals surface area contributed by atoms with Gasteiger partial charge in [0.25, 0.3) is 0 Å². The number of carbonyl (C=O) groups excluding carboxylic acids is 1. The third-order valence-electron chi connectivity index (χ3n) is 4.16. The molecule has 0 radical (unpaired) electrons. The smallest absolute Gasteiger partial charge is 0.436 e. The Morgan fingerprint density at radius 2 is 1.74 bits per heavy atom. The van der Waals surface area contributed by atoms with Crippen LogP contribution in [0.5, 0.6) is 23.1 Å². The molecule has 0 saturated heterocycles. The average molecular weight is 475 g/mol. The van der Waals surface area contributed by atoms with Gasteiger partial charge in [-0.15, -0.1) is 0 Å². The van der Waals surface area contributed by atoms with E-state index in [1.165, 1.54) is 19.2 Å². The predicted octanol–water partition coefficient (Wildman–Crippen LogP) is 5.94. The fourth-order valence-corrected chi connectivity index (χ4v) is 3.12. The fraction of sp³-hybridized carbons (Fsp3) is 0.200. The number of ether oxygens (including phenoxy) is 3. The molecule has 3 rings (SSSR count). The molecule has 1 heterocycles. The summed E-state index contributed by atoms with van der Waals surface area (Å²) >= 11 is 12.3. The van der Waals surface area contributed by atoms with Crippen molar-refractivity contribution in [1.82, 2.24) is 9.78 Å². The maximum Gasteiger partial charge on any atom is 0.436 e. The number of methoxy groups -OCH3 is 1. The SMILES string of the molecule is COc1ccc(COc2cc(Oc3c(C=O)c(C(F)(F)F)nn3C)c(Cl)cc2Cl)cc1. The minimum atomic E-state index is -4.83. The van der Waals surface area contributed by atoms with Crippen molar-refractivity contribution < 1.29 is 32.2 Å². The van der Waals surface area contributed by atoms with E-state index in [0.717, 1.165) is 10.2 Å². The maximum absolute atomic E-state index is 13.1. The first-order valence-electron chi connectivity index (χ1n) is 8.66. The molecule has 31 heavy (non-hydrogen) atoms. The van der Waals surface area contributed by atoms with E-state index >= 15 is 0 Å². The number of hydrogen-bond donors (Lipinski definition) is 0. The highest BCUT2D eigenvalue weighted by Crippen LogP contribution is 2.41. The van der Waals surface area contributed by atoms with E-state index in [0.29, 0.717) is 5.75 Å². The van der Waals surface area contributed by atoms with Gasteiger partial charge < -0.3 is 14.2 Å². The number of benzene rings is 2. The van der Waals surface area contributed by atoms with Gasteiger partial charge in [0.2, 0.25) is 5.88 Å². The van der Waals surface area contributed by atoms with Crippen molar-refractivity contribution in [2.24, 2.45) is 7.05 Å². The normalized spacial score (nSPS) is 11.3. The molecule has 0 fully saturated rings. The van der Waals surface area contributed by atoms with Crippen molar-refractivity contribution in [3.63, 3.8) is 0 Å². The Kier molecular flexibility index (Phi) is 6.66. The van der Waals surface area contributed by atoms with E-state index in [1.807, 2.05) is 0 Å². The number of carbonyl (C=O) groups is 1. The number of aryl methyl sites for hydroxylation is 1. The molecule has 2 aromatic carbocycles. The Hall–Kier alpha value is -2.91. The molecule has 11 heteroatoms. The third kappa shape index (κ3) is 5.05. The zero-order valence-electron chi connectivity index (χ0n) is 16.2. The van der Waals surface area contributed by atoms with Crippen LogP contribution in [0.25, 0.3) is 0 Å². The van der Waals surface area contributed by atoms with Crippen LogP contribution in [0.1, 0.15) is 21.6 Å². The molecular weight excluding hydrogens is 460 g/mol. The van der Waals surface area contributed by atoms with E-state index in [-0.39, 0.29) is 34.4 Å². The number of hydrogen-bond acceptors (Lipinski definition) is 5. The first-order chi connectivity index (χ1) is 14.6. The number of halogens is 5. The summed E-state index contributed by atoms with van der Waals surface area (Å²) < 4.78 is 56.4. The number of alkyl halides is 3. The molecule has 0 aliphatic heterocycles. The molecule has 1 aromatic heterocycles. The van der Waals surface area contributed by atoms with Gasteiger partial charge in [0.1, 0.15) is 23.7 Å². The van der Waals surface area contributed by atoms with Gasteiger partial charge in [-0.05, 0) is 23.8 Å². The monoisotopic (exact) mass is 474 g/mol. The minimum absolute atomic E-state index is 0.00778. The van der Waals surface area contributed by atoms with Gasteiger partial charge in [-0.25, -0.2) is 4.68 Å². The zero-order chi connectivity index (χ0) is 22.8. The Bertz CT molecular complexity index is 1100. The molecular formula is C20H15Cl2F3N2O4. The first-order valence-corrected chi connectivity index (χ1v) is 9.41. The summed E-state index contributed by atoms with van der Waals surface area (Å²) in [6.07, 6.45) is -4.80. The molecule has 0 aliphatic carbocycles. The number of aromatic nitrogens is 2. The lowest BCUT2D eigenvalue weighted by Crippen LogP contribution is -2.09. The van der Waals surface area contributed by atoms with Crippen LogP contribution in [0.3, 0.4) is 0 Å². The first kappa shape index (κ1) is 22.8. The fourth-order valence-electron chi connectivity index (χ4n) is 2.65. The van der Waals surface area contributed by atoms with Gasteiger partial charge in [0.05, 0.1) is 17.2 Å². The summed E-state index contributed by atoms with van der Waals surface area (Å²) in [5, 5.41) is 3.51. The van der Waals surface area contributed by atoms with Gasteiger partial charge >= 0.3 is 6.18 Å². The Morgan fingerprint density at radius 1 is 1.10 bits per heavy atom. The van der Waals surface area contributed by atoms with Gasteiger partial charge in [-0.2, -0.15) is 18.3 Å². The zero-order valence-corrected chi connectivity index (χ0v) is 17.7. The van der Waals surface area contributed by atoms with E-state index in [1.54, 1.807) is 31.4 Å². The summed E-state index contributed by atoms with van der Waals surface area (Å²) in [7, 11) is 2.76. The molecule has 0 bridgehead atoms. The van der Waals surface area contributed by atoms with E-state index in [2.05, 4.69) is 5.10 Å². The molecule has 0 N–H and O–H groups in total.